The molecule has 0 aromatic heterocycles. The summed E-state index contributed by atoms with van der Waals surface area (Å²) in [4.78, 5) is 11.8. The molecule has 0 spiro atoms. The van der Waals surface area contributed by atoms with E-state index in [4.69, 9.17) is 16.3 Å². The molecule has 0 aliphatic carbocycles. The summed E-state index contributed by atoms with van der Waals surface area (Å²) in [6.07, 6.45) is 3.27. The summed E-state index contributed by atoms with van der Waals surface area (Å²) in [6, 6.07) is 15.0. The molecule has 6 heteroatoms. The second-order valence-corrected chi connectivity index (χ2v) is 6.51. The second kappa shape index (κ2) is 10.6. The summed E-state index contributed by atoms with van der Waals surface area (Å²) >= 11 is 7.44. The number of carbonyl (C=O) groups is 1. The first-order valence-corrected chi connectivity index (χ1v) is 9.18. The third-order valence-corrected chi connectivity index (χ3v) is 4.26. The van der Waals surface area contributed by atoms with Crippen LogP contribution >= 0.6 is 23.4 Å². The zero-order chi connectivity index (χ0) is 17.9. The first kappa shape index (κ1) is 19.1. The zero-order valence-corrected chi connectivity index (χ0v) is 15.2. The lowest BCUT2D eigenvalue weighted by molar-refractivity contribution is -0.118. The molecule has 1 N–H and O–H groups in total. The average molecular weight is 375 g/mol. The monoisotopic (exact) mass is 374 g/mol. The molecule has 2 aromatic rings. The Morgan fingerprint density at radius 3 is 2.92 bits per heavy atom. The maximum absolute atomic E-state index is 11.8. The van der Waals surface area contributed by atoms with Crippen molar-refractivity contribution in [2.75, 3.05) is 12.4 Å². The maximum atomic E-state index is 11.8. The molecule has 2 aromatic carbocycles. The highest BCUT2D eigenvalue weighted by Crippen LogP contribution is 2.16. The van der Waals surface area contributed by atoms with E-state index in [-0.39, 0.29) is 5.91 Å². The Morgan fingerprint density at radius 1 is 1.28 bits per heavy atom. The van der Waals surface area contributed by atoms with Crippen LogP contribution in [-0.2, 0) is 10.5 Å². The summed E-state index contributed by atoms with van der Waals surface area (Å²) in [7, 11) is 0. The molecule has 0 heterocycles. The first-order valence-electron chi connectivity index (χ1n) is 7.65. The minimum atomic E-state index is -0.151. The Labute approximate surface area is 156 Å². The van der Waals surface area contributed by atoms with Gasteiger partial charge < -0.3 is 4.74 Å². The minimum Gasteiger partial charge on any atom is -0.490 e. The van der Waals surface area contributed by atoms with Crippen LogP contribution in [0.4, 0.5) is 0 Å². The van der Waals surface area contributed by atoms with Crippen LogP contribution in [0, 0.1) is 0 Å². The van der Waals surface area contributed by atoms with Gasteiger partial charge in [-0.1, -0.05) is 48.5 Å². The molecule has 0 aliphatic rings. The Kier molecular flexibility index (Phi) is 8.09. The molecule has 0 unspecified atom stereocenters. The van der Waals surface area contributed by atoms with Gasteiger partial charge in [-0.15, -0.1) is 11.8 Å². The molecule has 0 saturated heterocycles. The number of carbonyl (C=O) groups excluding carboxylic acids is 1. The average Bonchev–Trinajstić information content (AvgIpc) is 2.60. The van der Waals surface area contributed by atoms with E-state index in [2.05, 4.69) is 17.1 Å². The van der Waals surface area contributed by atoms with Crippen molar-refractivity contribution >= 4 is 35.5 Å². The number of thioether (sulfide) groups is 1. The number of benzene rings is 2. The van der Waals surface area contributed by atoms with E-state index >= 15 is 0 Å². The molecular weight excluding hydrogens is 356 g/mol. The molecule has 0 saturated carbocycles. The van der Waals surface area contributed by atoms with Crippen molar-refractivity contribution in [3.63, 3.8) is 0 Å². The lowest BCUT2D eigenvalue weighted by Crippen LogP contribution is -2.19. The van der Waals surface area contributed by atoms with Crippen molar-refractivity contribution in [1.29, 1.82) is 0 Å². The van der Waals surface area contributed by atoms with Crippen molar-refractivity contribution < 1.29 is 9.53 Å². The third-order valence-electron chi connectivity index (χ3n) is 3.02. The molecular formula is C19H19ClN2O2S. The predicted molar refractivity (Wildman–Crippen MR) is 105 cm³/mol. The summed E-state index contributed by atoms with van der Waals surface area (Å²) in [6.45, 7) is 4.05. The van der Waals surface area contributed by atoms with E-state index in [0.717, 1.165) is 22.6 Å². The van der Waals surface area contributed by atoms with E-state index in [9.17, 15) is 4.79 Å². The standard InChI is InChI=1S/C19H19ClN2O2S/c1-2-9-24-18-8-4-5-15(11-18)12-21-22-19(23)14-25-13-16-6-3-7-17(20)10-16/h2-8,10-12H,1,9,13-14H2,(H,22,23)/b21-12-. The van der Waals surface area contributed by atoms with Crippen LogP contribution in [0.15, 0.2) is 66.3 Å². The van der Waals surface area contributed by atoms with Gasteiger partial charge in [0.05, 0.1) is 12.0 Å². The van der Waals surface area contributed by atoms with Gasteiger partial charge in [0.15, 0.2) is 0 Å². The lowest BCUT2D eigenvalue weighted by atomic mass is 10.2. The van der Waals surface area contributed by atoms with Crippen LogP contribution in [-0.4, -0.2) is 24.5 Å². The number of hydrogen-bond acceptors (Lipinski definition) is 4. The Morgan fingerprint density at radius 2 is 2.12 bits per heavy atom. The second-order valence-electron chi connectivity index (χ2n) is 5.09. The SMILES string of the molecule is C=CCOc1cccc(/C=N\NC(=O)CSCc2cccc(Cl)c2)c1. The van der Waals surface area contributed by atoms with E-state index < -0.39 is 0 Å². The van der Waals surface area contributed by atoms with Crippen LogP contribution in [0.5, 0.6) is 5.75 Å². The van der Waals surface area contributed by atoms with E-state index in [1.165, 1.54) is 11.8 Å². The summed E-state index contributed by atoms with van der Waals surface area (Å²) in [5, 5.41) is 4.67. The van der Waals surface area contributed by atoms with Crippen LogP contribution in [0.3, 0.4) is 0 Å². The first-order chi connectivity index (χ1) is 12.2. The quantitative estimate of drug-likeness (QED) is 0.404. The normalized spacial score (nSPS) is 10.6. The number of rotatable bonds is 9. The van der Waals surface area contributed by atoms with Crippen LogP contribution in [0.25, 0.3) is 0 Å². The molecule has 25 heavy (non-hydrogen) atoms. The molecule has 0 radical (unpaired) electrons. The van der Waals surface area contributed by atoms with Crippen LogP contribution in [0.2, 0.25) is 5.02 Å². The number of halogens is 1. The Balaban J connectivity index is 1.73. The van der Waals surface area contributed by atoms with Gasteiger partial charge in [-0.25, -0.2) is 5.43 Å². The predicted octanol–water partition coefficient (Wildman–Crippen LogP) is 4.29. The maximum Gasteiger partial charge on any atom is 0.250 e. The van der Waals surface area contributed by atoms with Crippen molar-refractivity contribution in [2.24, 2.45) is 5.10 Å². The van der Waals surface area contributed by atoms with Gasteiger partial charge in [0.1, 0.15) is 12.4 Å². The van der Waals surface area contributed by atoms with Crippen molar-refractivity contribution in [3.05, 3.63) is 77.3 Å². The van der Waals surface area contributed by atoms with Gasteiger partial charge in [-0.3, -0.25) is 4.79 Å². The fourth-order valence-electron chi connectivity index (χ4n) is 1.94. The lowest BCUT2D eigenvalue weighted by Gasteiger charge is -2.04. The molecule has 130 valence electrons. The van der Waals surface area contributed by atoms with Gasteiger partial charge >= 0.3 is 0 Å². The molecule has 0 atom stereocenters. The largest absolute Gasteiger partial charge is 0.490 e. The summed E-state index contributed by atoms with van der Waals surface area (Å²) < 4.78 is 5.45. The van der Waals surface area contributed by atoms with Crippen LogP contribution in [0.1, 0.15) is 11.1 Å². The Bertz CT molecular complexity index is 750. The highest BCUT2D eigenvalue weighted by Gasteiger charge is 2.01. The van der Waals surface area contributed by atoms with Gasteiger partial charge in [0.2, 0.25) is 5.91 Å². The number of hydrogen-bond donors (Lipinski definition) is 1. The number of hydrazone groups is 1. The summed E-state index contributed by atoms with van der Waals surface area (Å²) in [5.74, 6) is 1.63. The van der Waals surface area contributed by atoms with Crippen molar-refractivity contribution in [2.45, 2.75) is 5.75 Å². The van der Waals surface area contributed by atoms with Gasteiger partial charge in [-0.2, -0.15) is 5.10 Å². The number of nitrogens with one attached hydrogen (secondary N) is 1. The van der Waals surface area contributed by atoms with Crippen molar-refractivity contribution in [1.82, 2.24) is 5.43 Å². The molecule has 1 amide bonds. The minimum absolute atomic E-state index is 0.151. The topological polar surface area (TPSA) is 50.7 Å². The van der Waals surface area contributed by atoms with E-state index in [0.29, 0.717) is 17.4 Å². The van der Waals surface area contributed by atoms with Crippen molar-refractivity contribution in [3.8, 4) is 5.75 Å². The Hall–Kier alpha value is -2.24. The summed E-state index contributed by atoms with van der Waals surface area (Å²) in [5.41, 5.74) is 4.45. The van der Waals surface area contributed by atoms with Gasteiger partial charge in [0, 0.05) is 10.8 Å². The zero-order valence-electron chi connectivity index (χ0n) is 13.7. The molecule has 0 fully saturated rings. The smallest absolute Gasteiger partial charge is 0.250 e. The number of nitrogens with zero attached hydrogens (tertiary/aromatic N) is 1. The third kappa shape index (κ3) is 7.45. The fraction of sp³-hybridized carbons (Fsp3) is 0.158. The van der Waals surface area contributed by atoms with Gasteiger partial charge in [-0.05, 0) is 35.4 Å². The number of ether oxygens (including phenoxy) is 1. The highest BCUT2D eigenvalue weighted by molar-refractivity contribution is 7.99. The number of amides is 1. The molecule has 0 aliphatic heterocycles. The fourth-order valence-corrected chi connectivity index (χ4v) is 2.92. The molecule has 0 bridgehead atoms. The van der Waals surface area contributed by atoms with Crippen LogP contribution < -0.4 is 10.2 Å². The highest BCUT2D eigenvalue weighted by atomic mass is 35.5. The van der Waals surface area contributed by atoms with E-state index in [1.54, 1.807) is 12.3 Å². The van der Waals surface area contributed by atoms with E-state index in [1.807, 2.05) is 48.5 Å². The van der Waals surface area contributed by atoms with Gasteiger partial charge in [0.25, 0.3) is 0 Å². The molecule has 4 nitrogen and oxygen atoms in total. The molecule has 2 rings (SSSR count).